The zero-order valence-electron chi connectivity index (χ0n) is 15.5. The van der Waals surface area contributed by atoms with E-state index in [1.54, 1.807) is 0 Å². The van der Waals surface area contributed by atoms with Crippen LogP contribution in [0, 0.1) is 0 Å². The van der Waals surface area contributed by atoms with E-state index in [0.717, 1.165) is 24.8 Å². The lowest BCUT2D eigenvalue weighted by molar-refractivity contribution is 0.611. The smallest absolute Gasteiger partial charge is 0.00883 e. The molecule has 0 amide bonds. The molecule has 0 nitrogen and oxygen atoms in total. The van der Waals surface area contributed by atoms with Crippen LogP contribution in [0.15, 0.2) is 84.6 Å². The van der Waals surface area contributed by atoms with Gasteiger partial charge < -0.3 is 0 Å². The van der Waals surface area contributed by atoms with Crippen molar-refractivity contribution in [1.82, 2.24) is 0 Å². The number of unbranched alkanes of at least 4 members (excludes halogenated alkanes) is 6. The largest absolute Gasteiger partial charge is 0.103 e. The lowest BCUT2D eigenvalue weighted by atomic mass is 10.1. The van der Waals surface area contributed by atoms with Gasteiger partial charge in [0.15, 0.2) is 0 Å². The second-order valence-electron chi connectivity index (χ2n) is 6.38. The van der Waals surface area contributed by atoms with Crippen molar-refractivity contribution >= 4 is 0 Å². The molecule has 0 unspecified atom stereocenters. The van der Waals surface area contributed by atoms with Crippen LogP contribution >= 0.6 is 0 Å². The molecule has 0 saturated carbocycles. The standard InChI is InChI=1S/C24H34/c1-4-6-8-9-10-11-12-14-16-22(3)20-21-24-19-15-18-23(24)17-13-7-5-2/h5,13-17,19-21H,2-4,6-12,18H2,1H3. The maximum Gasteiger partial charge on any atom is -0.00883 e. The third-order valence-electron chi connectivity index (χ3n) is 4.16. The van der Waals surface area contributed by atoms with Crippen LogP contribution in [-0.4, -0.2) is 0 Å². The van der Waals surface area contributed by atoms with E-state index in [2.05, 4.69) is 68.7 Å². The highest BCUT2D eigenvalue weighted by molar-refractivity contribution is 5.48. The van der Waals surface area contributed by atoms with Crippen LogP contribution in [-0.2, 0) is 0 Å². The molecule has 0 aromatic carbocycles. The molecule has 0 spiro atoms. The first-order valence-corrected chi connectivity index (χ1v) is 9.48. The fraction of sp³-hybridized carbons (Fsp3) is 0.417. The first kappa shape index (κ1) is 20.2. The zero-order chi connectivity index (χ0) is 17.5. The average Bonchev–Trinajstić information content (AvgIpc) is 3.03. The Bertz CT molecular complexity index is 520. The summed E-state index contributed by atoms with van der Waals surface area (Å²) in [5.41, 5.74) is 3.74. The zero-order valence-corrected chi connectivity index (χ0v) is 15.5. The van der Waals surface area contributed by atoms with Gasteiger partial charge >= 0.3 is 0 Å². The van der Waals surface area contributed by atoms with Crippen molar-refractivity contribution < 1.29 is 0 Å². The third-order valence-corrected chi connectivity index (χ3v) is 4.16. The van der Waals surface area contributed by atoms with E-state index in [9.17, 15) is 0 Å². The molecule has 0 aromatic rings. The molecule has 1 rings (SSSR count). The van der Waals surface area contributed by atoms with Crippen LogP contribution in [0.25, 0.3) is 0 Å². The second-order valence-corrected chi connectivity index (χ2v) is 6.38. The molecular formula is C24H34. The normalized spacial score (nSPS) is 14.7. The Kier molecular flexibility index (Phi) is 11.5. The van der Waals surface area contributed by atoms with E-state index in [1.165, 1.54) is 49.7 Å². The highest BCUT2D eigenvalue weighted by Crippen LogP contribution is 2.22. The van der Waals surface area contributed by atoms with Crippen molar-refractivity contribution in [3.05, 3.63) is 84.6 Å². The molecule has 0 bridgehead atoms. The van der Waals surface area contributed by atoms with Crippen LogP contribution in [0.2, 0.25) is 0 Å². The summed E-state index contributed by atoms with van der Waals surface area (Å²) < 4.78 is 0. The van der Waals surface area contributed by atoms with E-state index >= 15 is 0 Å². The minimum Gasteiger partial charge on any atom is -0.103 e. The van der Waals surface area contributed by atoms with Crippen molar-refractivity contribution in [3.8, 4) is 0 Å². The van der Waals surface area contributed by atoms with Gasteiger partial charge in [-0.05, 0) is 42.4 Å². The van der Waals surface area contributed by atoms with Gasteiger partial charge in [-0.1, -0.05) is 100 Å². The number of hydrogen-bond donors (Lipinski definition) is 0. The van der Waals surface area contributed by atoms with Gasteiger partial charge in [0.2, 0.25) is 0 Å². The summed E-state index contributed by atoms with van der Waals surface area (Å²) in [6.07, 6.45) is 30.6. The molecule has 1 aliphatic carbocycles. The first-order valence-electron chi connectivity index (χ1n) is 9.48. The lowest BCUT2D eigenvalue weighted by Gasteiger charge is -1.98. The van der Waals surface area contributed by atoms with E-state index in [1.807, 2.05) is 6.08 Å². The maximum atomic E-state index is 4.12. The fourth-order valence-corrected chi connectivity index (χ4v) is 2.70. The second kappa shape index (κ2) is 13.6. The van der Waals surface area contributed by atoms with Gasteiger partial charge in [0, 0.05) is 0 Å². The third kappa shape index (κ3) is 9.35. The molecule has 0 atom stereocenters. The van der Waals surface area contributed by atoms with Gasteiger partial charge in [-0.15, -0.1) is 6.58 Å². The highest BCUT2D eigenvalue weighted by Gasteiger charge is 2.02. The van der Waals surface area contributed by atoms with Gasteiger partial charge in [-0.2, -0.15) is 0 Å². The average molecular weight is 323 g/mol. The molecule has 0 N–H and O–H groups in total. The van der Waals surface area contributed by atoms with Gasteiger partial charge in [-0.3, -0.25) is 0 Å². The quantitative estimate of drug-likeness (QED) is 0.184. The Morgan fingerprint density at radius 3 is 2.62 bits per heavy atom. The van der Waals surface area contributed by atoms with Crippen LogP contribution in [0.5, 0.6) is 0 Å². The summed E-state index contributed by atoms with van der Waals surface area (Å²) in [5.74, 6) is 0. The van der Waals surface area contributed by atoms with Crippen molar-refractivity contribution in [3.63, 3.8) is 0 Å². The molecule has 0 aliphatic heterocycles. The summed E-state index contributed by atoms with van der Waals surface area (Å²) >= 11 is 0. The van der Waals surface area contributed by atoms with Crippen molar-refractivity contribution in [2.75, 3.05) is 0 Å². The van der Waals surface area contributed by atoms with Gasteiger partial charge in [0.1, 0.15) is 0 Å². The van der Waals surface area contributed by atoms with E-state index in [4.69, 9.17) is 0 Å². The van der Waals surface area contributed by atoms with Crippen molar-refractivity contribution in [2.24, 2.45) is 0 Å². The van der Waals surface area contributed by atoms with Crippen LogP contribution in [0.3, 0.4) is 0 Å². The van der Waals surface area contributed by atoms with Crippen LogP contribution in [0.1, 0.15) is 64.7 Å². The minimum absolute atomic E-state index is 0.925. The Morgan fingerprint density at radius 1 is 1.04 bits per heavy atom. The molecule has 1 aliphatic rings. The summed E-state index contributed by atoms with van der Waals surface area (Å²) in [6.45, 7) is 10.1. The fourth-order valence-electron chi connectivity index (χ4n) is 2.70. The Balaban J connectivity index is 2.31. The Labute approximate surface area is 149 Å². The predicted octanol–water partition coefficient (Wildman–Crippen LogP) is 7.79. The van der Waals surface area contributed by atoms with Crippen molar-refractivity contribution in [2.45, 2.75) is 64.7 Å². The molecule has 0 aromatic heterocycles. The monoisotopic (exact) mass is 322 g/mol. The molecule has 24 heavy (non-hydrogen) atoms. The Hall–Kier alpha value is -1.82. The van der Waals surface area contributed by atoms with Crippen LogP contribution in [0.4, 0.5) is 0 Å². The molecule has 0 saturated heterocycles. The summed E-state index contributed by atoms with van der Waals surface area (Å²) in [5, 5.41) is 0. The lowest BCUT2D eigenvalue weighted by Crippen LogP contribution is -1.79. The molecule has 0 heteroatoms. The predicted molar refractivity (Wildman–Crippen MR) is 110 cm³/mol. The number of rotatable bonds is 13. The van der Waals surface area contributed by atoms with Gasteiger partial charge in [0.25, 0.3) is 0 Å². The van der Waals surface area contributed by atoms with E-state index < -0.39 is 0 Å². The maximum absolute atomic E-state index is 4.12. The highest BCUT2D eigenvalue weighted by atomic mass is 14.1. The van der Waals surface area contributed by atoms with E-state index in [-0.39, 0.29) is 0 Å². The number of hydrogen-bond acceptors (Lipinski definition) is 0. The molecular weight excluding hydrogens is 288 g/mol. The summed E-state index contributed by atoms with van der Waals surface area (Å²) in [4.78, 5) is 0. The van der Waals surface area contributed by atoms with Crippen LogP contribution < -0.4 is 0 Å². The Morgan fingerprint density at radius 2 is 1.83 bits per heavy atom. The molecule has 0 fully saturated rings. The van der Waals surface area contributed by atoms with E-state index in [0.29, 0.717) is 0 Å². The first-order chi connectivity index (χ1) is 11.8. The summed E-state index contributed by atoms with van der Waals surface area (Å²) in [7, 11) is 0. The SMILES string of the molecule is C=CCC=CC1=C(C=CC(=C)C=CCCCCCCCC)C=CC1. The molecule has 0 radical (unpaired) electrons. The van der Waals surface area contributed by atoms with Gasteiger partial charge in [0.05, 0.1) is 0 Å². The molecule has 130 valence electrons. The molecule has 0 heterocycles. The topological polar surface area (TPSA) is 0 Å². The van der Waals surface area contributed by atoms with Crippen molar-refractivity contribution in [1.29, 1.82) is 0 Å². The summed E-state index contributed by atoms with van der Waals surface area (Å²) in [6, 6.07) is 0. The number of allylic oxidation sites excluding steroid dienone is 12. The van der Waals surface area contributed by atoms with Gasteiger partial charge in [-0.25, -0.2) is 0 Å². The minimum atomic E-state index is 0.925.